The summed E-state index contributed by atoms with van der Waals surface area (Å²) in [5, 5.41) is 20.6. The van der Waals surface area contributed by atoms with Crippen LogP contribution < -0.4 is 0 Å². The van der Waals surface area contributed by atoms with E-state index in [0.717, 1.165) is 23.1 Å². The quantitative estimate of drug-likeness (QED) is 0.821. The number of aliphatic hydroxyl groups excluding tert-OH is 1. The maximum Gasteiger partial charge on any atom is 0.254 e. The molecule has 1 heterocycles. The summed E-state index contributed by atoms with van der Waals surface area (Å²) >= 11 is 12.1. The maximum absolute atomic E-state index is 12.9. The zero-order chi connectivity index (χ0) is 18.4. The van der Waals surface area contributed by atoms with Crippen molar-refractivity contribution in [2.75, 3.05) is 19.7 Å². The smallest absolute Gasteiger partial charge is 0.254 e. The van der Waals surface area contributed by atoms with Gasteiger partial charge in [0.25, 0.3) is 5.91 Å². The van der Waals surface area contributed by atoms with Gasteiger partial charge in [0, 0.05) is 34.6 Å². The molecule has 0 bridgehead atoms. The molecule has 1 amide bonds. The fourth-order valence-electron chi connectivity index (χ4n) is 3.95. The van der Waals surface area contributed by atoms with Gasteiger partial charge >= 0.3 is 0 Å². The molecule has 0 spiro atoms. The third kappa shape index (κ3) is 2.98. The lowest BCUT2D eigenvalue weighted by atomic mass is 9.88. The zero-order valence-corrected chi connectivity index (χ0v) is 15.4. The number of halogens is 2. The Labute approximate surface area is 161 Å². The van der Waals surface area contributed by atoms with Gasteiger partial charge < -0.3 is 15.1 Å². The van der Waals surface area contributed by atoms with E-state index in [-0.39, 0.29) is 24.2 Å². The lowest BCUT2D eigenvalue weighted by molar-refractivity contribution is 0.0728. The van der Waals surface area contributed by atoms with E-state index in [4.69, 9.17) is 23.2 Å². The lowest BCUT2D eigenvalue weighted by Gasteiger charge is -2.34. The van der Waals surface area contributed by atoms with Crippen molar-refractivity contribution in [2.24, 2.45) is 5.92 Å². The predicted octanol–water partition coefficient (Wildman–Crippen LogP) is 3.77. The van der Waals surface area contributed by atoms with Crippen LogP contribution in [0.4, 0.5) is 0 Å². The van der Waals surface area contributed by atoms with Crippen LogP contribution in [0, 0.1) is 5.92 Å². The second-order valence-corrected chi connectivity index (χ2v) is 7.63. The summed E-state index contributed by atoms with van der Waals surface area (Å²) in [4.78, 5) is 14.6. The Bertz CT molecular complexity index is 918. The van der Waals surface area contributed by atoms with Crippen molar-refractivity contribution < 1.29 is 15.0 Å². The summed E-state index contributed by atoms with van der Waals surface area (Å²) < 4.78 is 0. The number of carbonyl (C=O) groups excluding carboxylic acids is 1. The molecule has 0 radical (unpaired) electrons. The first-order chi connectivity index (χ1) is 12.5. The number of hydrogen-bond donors (Lipinski definition) is 2. The Morgan fingerprint density at radius 2 is 1.96 bits per heavy atom. The first kappa shape index (κ1) is 17.4. The van der Waals surface area contributed by atoms with E-state index in [2.05, 4.69) is 0 Å². The molecule has 6 heteroatoms. The Kier molecular flexibility index (Phi) is 4.43. The van der Waals surface area contributed by atoms with E-state index in [1.54, 1.807) is 11.0 Å². The Morgan fingerprint density at radius 1 is 1.15 bits per heavy atom. The van der Waals surface area contributed by atoms with E-state index in [1.807, 2.05) is 18.2 Å². The van der Waals surface area contributed by atoms with Gasteiger partial charge in [0.2, 0.25) is 0 Å². The minimum absolute atomic E-state index is 0.0422. The summed E-state index contributed by atoms with van der Waals surface area (Å²) in [6.07, 6.45) is 0.753. The molecular weight excluding hydrogens is 373 g/mol. The molecule has 1 unspecified atom stereocenters. The highest BCUT2D eigenvalue weighted by atomic mass is 35.5. The highest BCUT2D eigenvalue weighted by molar-refractivity contribution is 6.31. The van der Waals surface area contributed by atoms with E-state index in [1.165, 1.54) is 17.7 Å². The van der Waals surface area contributed by atoms with E-state index in [0.29, 0.717) is 28.7 Å². The number of aliphatic hydroxyl groups is 1. The van der Waals surface area contributed by atoms with Crippen LogP contribution in [0.2, 0.25) is 10.0 Å². The van der Waals surface area contributed by atoms with Gasteiger partial charge in [-0.05, 0) is 59.0 Å². The van der Waals surface area contributed by atoms with Gasteiger partial charge in [-0.3, -0.25) is 4.79 Å². The molecule has 1 aliphatic carbocycles. The molecule has 2 aromatic carbocycles. The SMILES string of the molecule is O=C(c1cc(O)cc(Cl)c1)N1CC2=C(c3cc(Cl)ccc3C2)C(CO)C1. The van der Waals surface area contributed by atoms with Crippen molar-refractivity contribution in [1.29, 1.82) is 0 Å². The fourth-order valence-corrected chi connectivity index (χ4v) is 4.36. The summed E-state index contributed by atoms with van der Waals surface area (Å²) in [5.41, 5.74) is 4.84. The standard InChI is InChI=1S/C20H17Cl2NO3/c21-15-2-1-11-3-13-8-23(9-14(10-24)19(13)18(11)7-15)20(26)12-4-16(22)6-17(25)5-12/h1-2,4-7,14,24-25H,3,8-10H2. The van der Waals surface area contributed by atoms with Gasteiger partial charge in [-0.1, -0.05) is 29.3 Å². The van der Waals surface area contributed by atoms with Crippen molar-refractivity contribution in [3.8, 4) is 5.75 Å². The number of aromatic hydroxyl groups is 1. The number of hydrogen-bond acceptors (Lipinski definition) is 3. The van der Waals surface area contributed by atoms with Crippen LogP contribution in [0.15, 0.2) is 42.0 Å². The number of nitrogens with zero attached hydrogens (tertiary/aromatic N) is 1. The molecule has 4 nitrogen and oxygen atoms in total. The maximum atomic E-state index is 12.9. The van der Waals surface area contributed by atoms with Crippen LogP contribution in [0.1, 0.15) is 21.5 Å². The Morgan fingerprint density at radius 3 is 2.69 bits per heavy atom. The summed E-state index contributed by atoms with van der Waals surface area (Å²) in [6, 6.07) is 10.2. The van der Waals surface area contributed by atoms with E-state index in [9.17, 15) is 15.0 Å². The van der Waals surface area contributed by atoms with Crippen LogP contribution in [0.25, 0.3) is 5.57 Å². The monoisotopic (exact) mass is 389 g/mol. The molecular formula is C20H17Cl2NO3. The number of rotatable bonds is 2. The molecule has 26 heavy (non-hydrogen) atoms. The third-order valence-corrected chi connectivity index (χ3v) is 5.47. The third-order valence-electron chi connectivity index (χ3n) is 5.01. The number of phenolic OH excluding ortho intramolecular Hbond substituents is 1. The van der Waals surface area contributed by atoms with Crippen molar-refractivity contribution >= 4 is 34.7 Å². The van der Waals surface area contributed by atoms with Gasteiger partial charge in [-0.25, -0.2) is 0 Å². The van der Waals surface area contributed by atoms with E-state index < -0.39 is 0 Å². The molecule has 1 aliphatic heterocycles. The number of fused-ring (bicyclic) bond motifs is 2. The number of carbonyl (C=O) groups is 1. The molecule has 134 valence electrons. The molecule has 2 N–H and O–H groups in total. The average molecular weight is 390 g/mol. The highest BCUT2D eigenvalue weighted by Crippen LogP contribution is 2.42. The number of phenols is 1. The predicted molar refractivity (Wildman–Crippen MR) is 102 cm³/mol. The fraction of sp³-hybridized carbons (Fsp3) is 0.250. The van der Waals surface area contributed by atoms with Gasteiger partial charge in [0.1, 0.15) is 5.75 Å². The second-order valence-electron chi connectivity index (χ2n) is 6.76. The minimum atomic E-state index is -0.207. The molecule has 2 aliphatic rings. The number of amides is 1. The second kappa shape index (κ2) is 6.62. The van der Waals surface area contributed by atoms with E-state index >= 15 is 0 Å². The summed E-state index contributed by atoms with van der Waals surface area (Å²) in [6.45, 7) is 0.854. The molecule has 2 aromatic rings. The van der Waals surface area contributed by atoms with Crippen LogP contribution in [-0.4, -0.2) is 40.7 Å². The Balaban J connectivity index is 1.67. The van der Waals surface area contributed by atoms with Crippen molar-refractivity contribution in [3.05, 3.63) is 68.7 Å². The summed E-state index contributed by atoms with van der Waals surface area (Å²) in [7, 11) is 0. The van der Waals surface area contributed by atoms with Crippen LogP contribution >= 0.6 is 23.2 Å². The van der Waals surface area contributed by atoms with Gasteiger partial charge in [0.05, 0.1) is 6.61 Å². The van der Waals surface area contributed by atoms with Crippen molar-refractivity contribution in [2.45, 2.75) is 6.42 Å². The minimum Gasteiger partial charge on any atom is -0.508 e. The van der Waals surface area contributed by atoms with Crippen molar-refractivity contribution in [3.63, 3.8) is 0 Å². The zero-order valence-electron chi connectivity index (χ0n) is 13.9. The van der Waals surface area contributed by atoms with Gasteiger partial charge in [-0.2, -0.15) is 0 Å². The topological polar surface area (TPSA) is 60.8 Å². The van der Waals surface area contributed by atoms with Crippen LogP contribution in [0.3, 0.4) is 0 Å². The highest BCUT2D eigenvalue weighted by Gasteiger charge is 2.35. The number of benzene rings is 2. The first-order valence-electron chi connectivity index (χ1n) is 8.36. The first-order valence-corrected chi connectivity index (χ1v) is 9.12. The van der Waals surface area contributed by atoms with Gasteiger partial charge in [-0.15, -0.1) is 0 Å². The molecule has 4 rings (SSSR count). The lowest BCUT2D eigenvalue weighted by Crippen LogP contribution is -2.41. The molecule has 0 saturated carbocycles. The normalized spacial score (nSPS) is 18.7. The van der Waals surface area contributed by atoms with Gasteiger partial charge in [0.15, 0.2) is 0 Å². The molecule has 0 fully saturated rings. The average Bonchev–Trinajstić information content (AvgIpc) is 2.97. The van der Waals surface area contributed by atoms with Crippen LogP contribution in [0.5, 0.6) is 5.75 Å². The molecule has 0 aromatic heterocycles. The van der Waals surface area contributed by atoms with Crippen molar-refractivity contribution in [1.82, 2.24) is 4.90 Å². The molecule has 0 saturated heterocycles. The molecule has 1 atom stereocenters. The summed E-state index contributed by atoms with van der Waals surface area (Å²) in [5.74, 6) is -0.406. The van der Waals surface area contributed by atoms with Crippen LogP contribution in [-0.2, 0) is 6.42 Å². The largest absolute Gasteiger partial charge is 0.508 e. The Hall–Kier alpha value is -2.01.